The van der Waals surface area contributed by atoms with Gasteiger partial charge in [0.25, 0.3) is 11.8 Å². The molecule has 1 N–H and O–H groups in total. The largest absolute Gasteiger partial charge is 0.335 e. The van der Waals surface area contributed by atoms with Crippen molar-refractivity contribution in [3.8, 4) is 0 Å². The van der Waals surface area contributed by atoms with Crippen molar-refractivity contribution in [1.29, 1.82) is 0 Å². The lowest BCUT2D eigenvalue weighted by molar-refractivity contribution is -0.122. The highest BCUT2D eigenvalue weighted by atomic mass is 79.9. The van der Waals surface area contributed by atoms with E-state index in [4.69, 9.17) is 11.6 Å². The van der Waals surface area contributed by atoms with Crippen molar-refractivity contribution in [2.24, 2.45) is 0 Å². The van der Waals surface area contributed by atoms with Crippen LogP contribution in [0.25, 0.3) is 6.08 Å². The van der Waals surface area contributed by atoms with Crippen LogP contribution in [-0.2, 0) is 9.59 Å². The lowest BCUT2D eigenvalue weighted by Gasteiger charge is -2.26. The van der Waals surface area contributed by atoms with Crippen molar-refractivity contribution >= 4 is 57.1 Å². The molecule has 1 heterocycles. The molecule has 0 aliphatic carbocycles. The Morgan fingerprint density at radius 3 is 2.56 bits per heavy atom. The smallest absolute Gasteiger partial charge is 0.273 e. The molecule has 5 nitrogen and oxygen atoms in total. The summed E-state index contributed by atoms with van der Waals surface area (Å²) in [5, 5.41) is 2.67. The van der Waals surface area contributed by atoms with Gasteiger partial charge in [0.1, 0.15) is 5.57 Å². The Bertz CT molecular complexity index is 940. The van der Waals surface area contributed by atoms with Crippen LogP contribution in [0, 0.1) is 6.92 Å². The number of nitrogens with one attached hydrogen (secondary N) is 1. The van der Waals surface area contributed by atoms with E-state index >= 15 is 0 Å². The molecule has 0 aromatic heterocycles. The van der Waals surface area contributed by atoms with Gasteiger partial charge in [-0.3, -0.25) is 14.9 Å². The molecule has 1 aliphatic heterocycles. The zero-order chi connectivity index (χ0) is 18.1. The molecular formula is C18H12BrClN2O3. The summed E-state index contributed by atoms with van der Waals surface area (Å²) in [6, 6.07) is 11.0. The summed E-state index contributed by atoms with van der Waals surface area (Å²) in [4.78, 5) is 38.0. The number of rotatable bonds is 2. The van der Waals surface area contributed by atoms with Gasteiger partial charge in [0.2, 0.25) is 0 Å². The van der Waals surface area contributed by atoms with Crippen LogP contribution >= 0.6 is 27.5 Å². The summed E-state index contributed by atoms with van der Waals surface area (Å²) in [7, 11) is 0. The molecule has 3 rings (SSSR count). The van der Waals surface area contributed by atoms with Gasteiger partial charge in [-0.05, 0) is 54.5 Å². The van der Waals surface area contributed by atoms with Gasteiger partial charge in [0, 0.05) is 9.50 Å². The maximum Gasteiger partial charge on any atom is 0.335 e. The second-order valence-corrected chi connectivity index (χ2v) is 6.74. The Morgan fingerprint density at radius 2 is 1.88 bits per heavy atom. The number of amides is 4. The van der Waals surface area contributed by atoms with Gasteiger partial charge in [-0.25, -0.2) is 9.69 Å². The summed E-state index contributed by atoms with van der Waals surface area (Å²) in [5.41, 5.74) is 1.69. The van der Waals surface area contributed by atoms with Crippen LogP contribution in [0.1, 0.15) is 11.1 Å². The third-order valence-corrected chi connectivity index (χ3v) is 4.79. The Morgan fingerprint density at radius 1 is 1.12 bits per heavy atom. The SMILES string of the molecule is Cc1cc(N2C(=O)NC(=O)/C(=C\c3cccc(Cl)c3)C2=O)ccc1Br. The second kappa shape index (κ2) is 6.82. The number of carbonyl (C=O) groups is 3. The molecule has 126 valence electrons. The molecule has 4 amide bonds. The molecule has 0 bridgehead atoms. The highest BCUT2D eigenvalue weighted by Gasteiger charge is 2.36. The molecule has 2 aromatic rings. The average Bonchev–Trinajstić information content (AvgIpc) is 2.55. The molecule has 0 saturated carbocycles. The summed E-state index contributed by atoms with van der Waals surface area (Å²) in [5.74, 6) is -1.42. The van der Waals surface area contributed by atoms with Crippen molar-refractivity contribution in [2.75, 3.05) is 4.90 Å². The molecular weight excluding hydrogens is 408 g/mol. The maximum absolute atomic E-state index is 12.8. The number of anilines is 1. The van der Waals surface area contributed by atoms with Crippen molar-refractivity contribution in [2.45, 2.75) is 6.92 Å². The Balaban J connectivity index is 2.03. The van der Waals surface area contributed by atoms with Gasteiger partial charge in [-0.2, -0.15) is 0 Å². The predicted molar refractivity (Wildman–Crippen MR) is 99.3 cm³/mol. The number of aryl methyl sites for hydroxylation is 1. The Kier molecular flexibility index (Phi) is 4.74. The third-order valence-electron chi connectivity index (χ3n) is 3.66. The predicted octanol–water partition coefficient (Wildman–Crippen LogP) is 4.08. The number of imide groups is 2. The first-order chi connectivity index (χ1) is 11.9. The van der Waals surface area contributed by atoms with E-state index in [1.807, 2.05) is 6.92 Å². The van der Waals surface area contributed by atoms with Crippen LogP contribution in [0.4, 0.5) is 10.5 Å². The molecule has 0 spiro atoms. The number of nitrogens with zero attached hydrogens (tertiary/aromatic N) is 1. The zero-order valence-electron chi connectivity index (χ0n) is 13.0. The van der Waals surface area contributed by atoms with Crippen LogP contribution in [0.5, 0.6) is 0 Å². The van der Waals surface area contributed by atoms with E-state index in [-0.39, 0.29) is 5.57 Å². The first-order valence-corrected chi connectivity index (χ1v) is 8.47. The number of hydrogen-bond acceptors (Lipinski definition) is 3. The molecule has 7 heteroatoms. The fraction of sp³-hybridized carbons (Fsp3) is 0.0556. The van der Waals surface area contributed by atoms with Crippen molar-refractivity contribution in [3.63, 3.8) is 0 Å². The minimum absolute atomic E-state index is 0.137. The summed E-state index contributed by atoms with van der Waals surface area (Å²) < 4.78 is 0.854. The number of benzene rings is 2. The topological polar surface area (TPSA) is 66.5 Å². The first kappa shape index (κ1) is 17.4. The molecule has 0 atom stereocenters. The number of barbiturate groups is 1. The van der Waals surface area contributed by atoms with Crippen LogP contribution in [0.3, 0.4) is 0 Å². The molecule has 1 saturated heterocycles. The minimum atomic E-state index is -0.778. The molecule has 1 fully saturated rings. The summed E-state index contributed by atoms with van der Waals surface area (Å²) in [6.45, 7) is 1.84. The minimum Gasteiger partial charge on any atom is -0.273 e. The van der Waals surface area contributed by atoms with Crippen LogP contribution in [-0.4, -0.2) is 17.8 Å². The normalized spacial score (nSPS) is 16.4. The molecule has 1 aliphatic rings. The van der Waals surface area contributed by atoms with Gasteiger partial charge >= 0.3 is 6.03 Å². The number of halogens is 2. The van der Waals surface area contributed by atoms with Crippen molar-refractivity contribution < 1.29 is 14.4 Å². The first-order valence-electron chi connectivity index (χ1n) is 7.30. The second-order valence-electron chi connectivity index (χ2n) is 5.45. The number of carbonyl (C=O) groups excluding carboxylic acids is 3. The average molecular weight is 420 g/mol. The van der Waals surface area contributed by atoms with E-state index in [0.717, 1.165) is 14.9 Å². The highest BCUT2D eigenvalue weighted by molar-refractivity contribution is 9.10. The molecule has 0 radical (unpaired) electrons. The lowest BCUT2D eigenvalue weighted by Crippen LogP contribution is -2.54. The fourth-order valence-electron chi connectivity index (χ4n) is 2.42. The Hall–Kier alpha value is -2.44. The van der Waals surface area contributed by atoms with Gasteiger partial charge in [-0.1, -0.05) is 39.7 Å². The van der Waals surface area contributed by atoms with E-state index in [9.17, 15) is 14.4 Å². The monoisotopic (exact) mass is 418 g/mol. The van der Waals surface area contributed by atoms with Gasteiger partial charge in [0.15, 0.2) is 0 Å². The molecule has 25 heavy (non-hydrogen) atoms. The van der Waals surface area contributed by atoms with E-state index in [1.165, 1.54) is 6.08 Å². The van der Waals surface area contributed by atoms with Gasteiger partial charge in [-0.15, -0.1) is 0 Å². The Labute approximate surface area is 157 Å². The fourth-order valence-corrected chi connectivity index (χ4v) is 2.87. The number of hydrogen-bond donors (Lipinski definition) is 1. The lowest BCUT2D eigenvalue weighted by atomic mass is 10.1. The maximum atomic E-state index is 12.8. The van der Waals surface area contributed by atoms with E-state index < -0.39 is 17.8 Å². The van der Waals surface area contributed by atoms with E-state index in [0.29, 0.717) is 16.3 Å². The highest BCUT2D eigenvalue weighted by Crippen LogP contribution is 2.26. The molecule has 2 aromatic carbocycles. The quantitative estimate of drug-likeness (QED) is 0.589. The number of urea groups is 1. The van der Waals surface area contributed by atoms with Crippen molar-refractivity contribution in [1.82, 2.24) is 5.32 Å². The summed E-state index contributed by atoms with van der Waals surface area (Å²) >= 11 is 9.31. The summed E-state index contributed by atoms with van der Waals surface area (Å²) in [6.07, 6.45) is 1.41. The van der Waals surface area contributed by atoms with E-state index in [1.54, 1.807) is 42.5 Å². The van der Waals surface area contributed by atoms with Gasteiger partial charge < -0.3 is 0 Å². The molecule has 0 unspecified atom stereocenters. The zero-order valence-corrected chi connectivity index (χ0v) is 15.4. The van der Waals surface area contributed by atoms with Gasteiger partial charge in [0.05, 0.1) is 5.69 Å². The standard InChI is InChI=1S/C18H12BrClN2O3/c1-10-7-13(5-6-15(10)19)22-17(24)14(16(23)21-18(22)25)9-11-3-2-4-12(20)8-11/h2-9H,1H3,(H,21,23,25)/b14-9+. The van der Waals surface area contributed by atoms with Crippen LogP contribution < -0.4 is 10.2 Å². The van der Waals surface area contributed by atoms with E-state index in [2.05, 4.69) is 21.2 Å². The van der Waals surface area contributed by atoms with Crippen LogP contribution in [0.15, 0.2) is 52.5 Å². The van der Waals surface area contributed by atoms with Crippen molar-refractivity contribution in [3.05, 3.63) is 68.7 Å². The third kappa shape index (κ3) is 3.50. The van der Waals surface area contributed by atoms with Crippen LogP contribution in [0.2, 0.25) is 5.02 Å².